The number of hydrogen-bond acceptors (Lipinski definition) is 4. The molecule has 1 saturated heterocycles. The molecule has 188 valence electrons. The van der Waals surface area contributed by atoms with Crippen molar-refractivity contribution in [1.29, 1.82) is 0 Å². The maximum Gasteiger partial charge on any atom is 0.389 e. The number of carbonyl (C=O) groups excluding carboxylic acids is 1. The second-order valence-electron chi connectivity index (χ2n) is 10.5. The fourth-order valence-corrected chi connectivity index (χ4v) is 6.10. The molecule has 6 unspecified atom stereocenters. The highest BCUT2D eigenvalue weighted by Gasteiger charge is 2.46. The second-order valence-corrected chi connectivity index (χ2v) is 10.5. The van der Waals surface area contributed by atoms with Gasteiger partial charge < -0.3 is 14.2 Å². The van der Waals surface area contributed by atoms with E-state index < -0.39 is 24.2 Å². The van der Waals surface area contributed by atoms with Crippen molar-refractivity contribution < 1.29 is 32.2 Å². The smallest absolute Gasteiger partial charge is 0.389 e. The van der Waals surface area contributed by atoms with Crippen molar-refractivity contribution in [2.45, 2.75) is 95.8 Å². The molecule has 0 spiro atoms. The van der Waals surface area contributed by atoms with Crippen molar-refractivity contribution >= 4 is 5.97 Å². The third kappa shape index (κ3) is 5.78. The van der Waals surface area contributed by atoms with Crippen LogP contribution in [0.15, 0.2) is 36.4 Å². The summed E-state index contributed by atoms with van der Waals surface area (Å²) in [7, 11) is 0. The molecule has 7 heteroatoms. The Balaban J connectivity index is 1.45. The monoisotopic (exact) mass is 480 g/mol. The first-order valence-electron chi connectivity index (χ1n) is 12.4. The van der Waals surface area contributed by atoms with E-state index in [-0.39, 0.29) is 24.4 Å². The first-order chi connectivity index (χ1) is 16.0. The first kappa shape index (κ1) is 25.1. The zero-order valence-electron chi connectivity index (χ0n) is 20.0. The Morgan fingerprint density at radius 2 is 1.71 bits per heavy atom. The minimum atomic E-state index is -4.35. The predicted molar refractivity (Wildman–Crippen MR) is 122 cm³/mol. The Kier molecular flexibility index (Phi) is 7.32. The number of benzene rings is 1. The van der Waals surface area contributed by atoms with Crippen molar-refractivity contribution in [1.82, 2.24) is 0 Å². The topological polar surface area (TPSA) is 44.8 Å². The molecule has 1 aromatic rings. The highest BCUT2D eigenvalue weighted by molar-refractivity contribution is 5.87. The van der Waals surface area contributed by atoms with Crippen LogP contribution in [0.4, 0.5) is 13.2 Å². The van der Waals surface area contributed by atoms with Crippen LogP contribution in [0.2, 0.25) is 0 Å². The van der Waals surface area contributed by atoms with Crippen molar-refractivity contribution in [2.75, 3.05) is 0 Å². The molecule has 2 aliphatic carbocycles. The summed E-state index contributed by atoms with van der Waals surface area (Å²) in [5, 5.41) is 0. The fraction of sp³-hybridized carbons (Fsp3) is 0.667. The normalized spacial score (nSPS) is 30.6. The molecule has 1 heterocycles. The van der Waals surface area contributed by atoms with E-state index in [1.807, 2.05) is 0 Å². The van der Waals surface area contributed by atoms with Crippen molar-refractivity contribution in [2.24, 2.45) is 17.8 Å². The Labute approximate surface area is 199 Å². The highest BCUT2D eigenvalue weighted by Crippen LogP contribution is 2.50. The Morgan fingerprint density at radius 3 is 2.35 bits per heavy atom. The van der Waals surface area contributed by atoms with Gasteiger partial charge in [0.05, 0.1) is 6.10 Å². The molecule has 3 aliphatic rings. The molecule has 0 radical (unpaired) electrons. The summed E-state index contributed by atoms with van der Waals surface area (Å²) >= 11 is 0. The highest BCUT2D eigenvalue weighted by atomic mass is 19.4. The van der Waals surface area contributed by atoms with Gasteiger partial charge in [-0.2, -0.15) is 13.2 Å². The van der Waals surface area contributed by atoms with Crippen molar-refractivity contribution in [3.05, 3.63) is 42.0 Å². The molecule has 3 fully saturated rings. The minimum Gasteiger partial charge on any atom is -0.465 e. The zero-order valence-corrected chi connectivity index (χ0v) is 20.0. The van der Waals surface area contributed by atoms with Crippen LogP contribution in [0.25, 0.3) is 0 Å². The second kappa shape index (κ2) is 9.92. The molecular formula is C27H35F3O4. The van der Waals surface area contributed by atoms with Crippen LogP contribution in [0.5, 0.6) is 5.75 Å². The van der Waals surface area contributed by atoms with E-state index in [1.54, 1.807) is 24.3 Å². The molecule has 4 rings (SSSR count). The van der Waals surface area contributed by atoms with Gasteiger partial charge in [-0.25, -0.2) is 4.79 Å². The standard InChI is InChI=1S/C27H35F3O4/c1-17(2)25(31)34-26(3,14-15-27(28,29)30)20-10-12-21(13-11-20)32-23-16-19-8-4-6-18-7-5-9-22(33-23)24(18)19/h10-13,18-19,22-24H,1,4-9,14-16H2,2-3H3. The Hall–Kier alpha value is -2.02. The van der Waals surface area contributed by atoms with Crippen LogP contribution in [0.1, 0.15) is 77.2 Å². The van der Waals surface area contributed by atoms with E-state index in [0.29, 0.717) is 23.1 Å². The Bertz CT molecular complexity index is 861. The van der Waals surface area contributed by atoms with E-state index >= 15 is 0 Å². The SMILES string of the molecule is C=C(C)C(=O)OC(C)(CCC(F)(F)F)c1ccc(OC2CC3CCCC4CCCC(O2)C43)cc1. The Morgan fingerprint density at radius 1 is 1.06 bits per heavy atom. The molecule has 1 aliphatic heterocycles. The lowest BCUT2D eigenvalue weighted by Gasteiger charge is -2.50. The van der Waals surface area contributed by atoms with Gasteiger partial charge in [0.25, 0.3) is 0 Å². The average molecular weight is 481 g/mol. The summed E-state index contributed by atoms with van der Waals surface area (Å²) in [5.74, 6) is 1.96. The van der Waals surface area contributed by atoms with Crippen molar-refractivity contribution in [3.63, 3.8) is 0 Å². The van der Waals surface area contributed by atoms with E-state index in [0.717, 1.165) is 18.8 Å². The number of ether oxygens (including phenoxy) is 3. The molecule has 4 nitrogen and oxygen atoms in total. The lowest BCUT2D eigenvalue weighted by molar-refractivity contribution is -0.214. The van der Waals surface area contributed by atoms with E-state index in [4.69, 9.17) is 14.2 Å². The molecule has 34 heavy (non-hydrogen) atoms. The molecule has 0 amide bonds. The summed E-state index contributed by atoms with van der Waals surface area (Å²) in [6.45, 7) is 6.51. The zero-order chi connectivity index (χ0) is 24.5. The fourth-order valence-electron chi connectivity index (χ4n) is 6.10. The summed E-state index contributed by atoms with van der Waals surface area (Å²) in [6, 6.07) is 6.77. The number of halogens is 3. The van der Waals surface area contributed by atoms with Gasteiger partial charge in [0.15, 0.2) is 6.29 Å². The predicted octanol–water partition coefficient (Wildman–Crippen LogP) is 7.07. The third-order valence-electron chi connectivity index (χ3n) is 7.84. The molecule has 2 saturated carbocycles. The van der Waals surface area contributed by atoms with Gasteiger partial charge in [-0.3, -0.25) is 0 Å². The van der Waals surface area contributed by atoms with E-state index in [2.05, 4.69) is 6.58 Å². The first-order valence-corrected chi connectivity index (χ1v) is 12.4. The number of carbonyl (C=O) groups is 1. The number of rotatable bonds is 7. The molecular weight excluding hydrogens is 445 g/mol. The molecule has 6 atom stereocenters. The van der Waals surface area contributed by atoms with Crippen LogP contribution in [0, 0.1) is 17.8 Å². The van der Waals surface area contributed by atoms with Crippen LogP contribution in [-0.2, 0) is 19.9 Å². The minimum absolute atomic E-state index is 0.138. The summed E-state index contributed by atoms with van der Waals surface area (Å²) in [4.78, 5) is 12.1. The summed E-state index contributed by atoms with van der Waals surface area (Å²) in [6.07, 6.45) is 2.45. The van der Waals surface area contributed by atoms with Crippen LogP contribution < -0.4 is 4.74 Å². The number of alkyl halides is 3. The lowest BCUT2D eigenvalue weighted by Crippen LogP contribution is -2.49. The van der Waals surface area contributed by atoms with Gasteiger partial charge >= 0.3 is 12.1 Å². The van der Waals surface area contributed by atoms with Gasteiger partial charge in [0, 0.05) is 18.4 Å². The maximum atomic E-state index is 12.9. The quantitative estimate of drug-likeness (QED) is 0.309. The van der Waals surface area contributed by atoms with E-state index in [1.165, 1.54) is 46.0 Å². The lowest BCUT2D eigenvalue weighted by atomic mass is 9.62. The van der Waals surface area contributed by atoms with Crippen molar-refractivity contribution in [3.8, 4) is 5.75 Å². The van der Waals surface area contributed by atoms with Gasteiger partial charge in [-0.1, -0.05) is 38.0 Å². The average Bonchev–Trinajstić information content (AvgIpc) is 2.78. The van der Waals surface area contributed by atoms with Gasteiger partial charge in [0.2, 0.25) is 0 Å². The summed E-state index contributed by atoms with van der Waals surface area (Å²) < 4.78 is 56.8. The van der Waals surface area contributed by atoms with Gasteiger partial charge in [-0.05, 0) is 75.0 Å². The van der Waals surface area contributed by atoms with E-state index in [9.17, 15) is 18.0 Å². The molecule has 0 bridgehead atoms. The molecule has 1 aromatic carbocycles. The third-order valence-corrected chi connectivity index (χ3v) is 7.84. The van der Waals surface area contributed by atoms with Gasteiger partial charge in [-0.15, -0.1) is 0 Å². The van der Waals surface area contributed by atoms with Crippen LogP contribution in [-0.4, -0.2) is 24.5 Å². The number of esters is 1. The van der Waals surface area contributed by atoms with Crippen LogP contribution in [0.3, 0.4) is 0 Å². The number of hydrogen-bond donors (Lipinski definition) is 0. The van der Waals surface area contributed by atoms with Crippen LogP contribution >= 0.6 is 0 Å². The molecule has 0 N–H and O–H groups in total. The summed E-state index contributed by atoms with van der Waals surface area (Å²) in [5.41, 5.74) is -0.818. The molecule has 0 aromatic heterocycles. The maximum absolute atomic E-state index is 12.9. The largest absolute Gasteiger partial charge is 0.465 e. The van der Waals surface area contributed by atoms with Gasteiger partial charge in [0.1, 0.15) is 11.4 Å².